The molecule has 0 saturated carbocycles. The third-order valence-electron chi connectivity index (χ3n) is 6.61. The van der Waals surface area contributed by atoms with E-state index >= 15 is 0 Å². The minimum atomic E-state index is -1.31. The standard InChI is InChI=1S/C26H35BrFN5O4Si/c1-16(12-35-2)32(11-22-20(28)8-17(27)10-30-22)26(34)23-9-21-24(18-13-37-14-19(18)25(29)31-21)33(23)15-36-6-7-38(3,4)5/h8-10,16H,6-7,11-15H2,1-5H3,(H2,29,31)/t16-/m1/s1. The molecule has 0 fully saturated rings. The molecule has 4 heterocycles. The van der Waals surface area contributed by atoms with Gasteiger partial charge in [-0.1, -0.05) is 19.6 Å². The molecule has 4 rings (SSSR count). The van der Waals surface area contributed by atoms with E-state index in [9.17, 15) is 9.18 Å². The van der Waals surface area contributed by atoms with Crippen LogP contribution >= 0.6 is 15.9 Å². The Morgan fingerprint density at radius 3 is 2.74 bits per heavy atom. The van der Waals surface area contributed by atoms with E-state index in [4.69, 9.17) is 19.9 Å². The Morgan fingerprint density at radius 1 is 1.32 bits per heavy atom. The number of ether oxygens (including phenoxy) is 3. The quantitative estimate of drug-likeness (QED) is 0.243. The number of pyridine rings is 2. The summed E-state index contributed by atoms with van der Waals surface area (Å²) in [5.41, 5.74) is 9.88. The van der Waals surface area contributed by atoms with Gasteiger partial charge in [-0.25, -0.2) is 9.37 Å². The van der Waals surface area contributed by atoms with Crippen molar-refractivity contribution in [2.75, 3.05) is 26.1 Å². The van der Waals surface area contributed by atoms with Crippen LogP contribution in [-0.4, -0.2) is 59.8 Å². The number of carbonyl (C=O) groups is 1. The molecule has 38 heavy (non-hydrogen) atoms. The van der Waals surface area contributed by atoms with Gasteiger partial charge in [0.1, 0.15) is 24.1 Å². The maximum atomic E-state index is 14.7. The smallest absolute Gasteiger partial charge is 0.271 e. The van der Waals surface area contributed by atoms with E-state index in [1.54, 1.807) is 18.1 Å². The van der Waals surface area contributed by atoms with Crippen LogP contribution in [0.2, 0.25) is 25.7 Å². The van der Waals surface area contributed by atoms with E-state index in [0.717, 1.165) is 22.7 Å². The molecular weight excluding hydrogens is 573 g/mol. The van der Waals surface area contributed by atoms with Gasteiger partial charge < -0.3 is 29.4 Å². The summed E-state index contributed by atoms with van der Waals surface area (Å²) < 4.78 is 34.3. The van der Waals surface area contributed by atoms with Gasteiger partial charge in [0.05, 0.1) is 49.1 Å². The van der Waals surface area contributed by atoms with Crippen LogP contribution in [-0.2, 0) is 40.7 Å². The van der Waals surface area contributed by atoms with Crippen molar-refractivity contribution < 1.29 is 23.4 Å². The zero-order chi connectivity index (χ0) is 27.6. The number of nitrogens with two attached hydrogens (primary N) is 1. The number of hydrogen-bond acceptors (Lipinski definition) is 7. The number of halogens is 2. The summed E-state index contributed by atoms with van der Waals surface area (Å²) in [5, 5.41) is 0. The second kappa shape index (κ2) is 11.8. The number of fused-ring (bicyclic) bond motifs is 3. The van der Waals surface area contributed by atoms with Crippen molar-refractivity contribution in [1.29, 1.82) is 0 Å². The molecule has 0 aliphatic carbocycles. The van der Waals surface area contributed by atoms with Crippen molar-refractivity contribution in [2.45, 2.75) is 65.1 Å². The number of carbonyl (C=O) groups excluding carboxylic acids is 1. The summed E-state index contributed by atoms with van der Waals surface area (Å²) >= 11 is 3.24. The summed E-state index contributed by atoms with van der Waals surface area (Å²) in [4.78, 5) is 24.5. The van der Waals surface area contributed by atoms with Gasteiger partial charge in [-0.3, -0.25) is 9.78 Å². The highest BCUT2D eigenvalue weighted by Gasteiger charge is 2.30. The van der Waals surface area contributed by atoms with Crippen LogP contribution < -0.4 is 5.73 Å². The minimum Gasteiger partial charge on any atom is -0.383 e. The zero-order valence-corrected chi connectivity index (χ0v) is 25.1. The van der Waals surface area contributed by atoms with Gasteiger partial charge in [0, 0.05) is 43.6 Å². The average molecular weight is 609 g/mol. The van der Waals surface area contributed by atoms with Crippen LogP contribution in [0.4, 0.5) is 10.2 Å². The first-order chi connectivity index (χ1) is 18.0. The maximum Gasteiger partial charge on any atom is 0.271 e. The lowest BCUT2D eigenvalue weighted by atomic mass is 10.1. The number of rotatable bonds is 11. The SMILES string of the molecule is COC[C@@H](C)N(Cc1ncc(Br)cc1F)C(=O)c1cc2nc(N)c3c(c2n1COCC[Si](C)(C)C)COC3. The Hall–Kier alpha value is -2.38. The number of nitrogens with zero attached hydrogens (tertiary/aromatic N) is 4. The van der Waals surface area contributed by atoms with E-state index in [1.165, 1.54) is 12.3 Å². The molecule has 0 spiro atoms. The van der Waals surface area contributed by atoms with E-state index in [0.29, 0.717) is 41.3 Å². The monoisotopic (exact) mass is 607 g/mol. The predicted octanol–water partition coefficient (Wildman–Crippen LogP) is 4.93. The number of anilines is 1. The van der Waals surface area contributed by atoms with Gasteiger partial charge in [-0.05, 0) is 41.0 Å². The lowest BCUT2D eigenvalue weighted by Gasteiger charge is -2.29. The third kappa shape index (κ3) is 6.25. The van der Waals surface area contributed by atoms with E-state index in [1.807, 2.05) is 11.5 Å². The normalized spacial score (nSPS) is 14.2. The van der Waals surface area contributed by atoms with Crippen LogP contribution in [0.15, 0.2) is 22.8 Å². The second-order valence-corrected chi connectivity index (χ2v) is 17.3. The molecule has 12 heteroatoms. The summed E-state index contributed by atoms with van der Waals surface area (Å²) in [6.45, 7) is 10.5. The van der Waals surface area contributed by atoms with Crippen LogP contribution in [0.5, 0.6) is 0 Å². The van der Waals surface area contributed by atoms with E-state index < -0.39 is 13.9 Å². The van der Waals surface area contributed by atoms with Gasteiger partial charge in [0.25, 0.3) is 5.91 Å². The molecule has 9 nitrogen and oxygen atoms in total. The first-order valence-corrected chi connectivity index (χ1v) is 17.1. The van der Waals surface area contributed by atoms with Crippen molar-refractivity contribution in [3.63, 3.8) is 0 Å². The zero-order valence-electron chi connectivity index (χ0n) is 22.5. The molecule has 1 amide bonds. The Balaban J connectivity index is 1.76. The van der Waals surface area contributed by atoms with Crippen molar-refractivity contribution >= 4 is 46.8 Å². The summed E-state index contributed by atoms with van der Waals surface area (Å²) in [6.07, 6.45) is 1.52. The predicted molar refractivity (Wildman–Crippen MR) is 150 cm³/mol. The molecule has 1 atom stereocenters. The summed E-state index contributed by atoms with van der Waals surface area (Å²) in [5.74, 6) is -0.412. The largest absolute Gasteiger partial charge is 0.383 e. The molecule has 3 aromatic rings. The Labute approximate surface area is 231 Å². The average Bonchev–Trinajstić information content (AvgIpc) is 3.46. The molecule has 1 aliphatic rings. The number of hydrogen-bond donors (Lipinski definition) is 1. The van der Waals surface area contributed by atoms with Crippen LogP contribution in [0.3, 0.4) is 0 Å². The molecule has 206 valence electrons. The van der Waals surface area contributed by atoms with Gasteiger partial charge >= 0.3 is 0 Å². The fourth-order valence-corrected chi connectivity index (χ4v) is 5.54. The third-order valence-corrected chi connectivity index (χ3v) is 8.75. The highest BCUT2D eigenvalue weighted by atomic mass is 79.9. The molecule has 0 bridgehead atoms. The van der Waals surface area contributed by atoms with Crippen molar-refractivity contribution in [3.8, 4) is 0 Å². The summed E-state index contributed by atoms with van der Waals surface area (Å²) in [7, 11) is 0.261. The van der Waals surface area contributed by atoms with Gasteiger partial charge in [-0.15, -0.1) is 0 Å². The fourth-order valence-electron chi connectivity index (χ4n) is 4.48. The summed E-state index contributed by atoms with van der Waals surface area (Å²) in [6, 6.07) is 3.70. The van der Waals surface area contributed by atoms with Crippen LogP contribution in [0.1, 0.15) is 34.2 Å². The molecule has 0 unspecified atom stereocenters. The first kappa shape index (κ1) is 28.6. The first-order valence-electron chi connectivity index (χ1n) is 12.6. The molecule has 0 aromatic carbocycles. The lowest BCUT2D eigenvalue weighted by Crippen LogP contribution is -2.42. The number of amides is 1. The Kier molecular flexibility index (Phi) is 8.88. The molecule has 0 radical (unpaired) electrons. The van der Waals surface area contributed by atoms with Gasteiger partial charge in [0.15, 0.2) is 0 Å². The number of nitrogen functional groups attached to an aromatic ring is 1. The number of methoxy groups -OCH3 is 1. The van der Waals surface area contributed by atoms with Crippen LogP contribution in [0, 0.1) is 5.82 Å². The molecule has 0 saturated heterocycles. The number of aromatic nitrogens is 3. The highest BCUT2D eigenvalue weighted by molar-refractivity contribution is 9.10. The van der Waals surface area contributed by atoms with E-state index in [-0.39, 0.29) is 37.5 Å². The van der Waals surface area contributed by atoms with Gasteiger partial charge in [0.2, 0.25) is 0 Å². The molecule has 1 aliphatic heterocycles. The van der Waals surface area contributed by atoms with Gasteiger partial charge in [-0.2, -0.15) is 0 Å². The maximum absolute atomic E-state index is 14.7. The Bertz CT molecular complexity index is 1330. The molecule has 3 aromatic heterocycles. The fraction of sp³-hybridized carbons (Fsp3) is 0.500. The van der Waals surface area contributed by atoms with Crippen molar-refractivity contribution in [3.05, 3.63) is 51.1 Å². The second-order valence-electron chi connectivity index (χ2n) is 10.8. The molecule has 2 N–H and O–H groups in total. The Morgan fingerprint density at radius 2 is 2.05 bits per heavy atom. The highest BCUT2D eigenvalue weighted by Crippen LogP contribution is 2.34. The molecular formula is C26H35BrFN5O4Si. The topological polar surface area (TPSA) is 105 Å². The van der Waals surface area contributed by atoms with Crippen LogP contribution in [0.25, 0.3) is 11.0 Å². The van der Waals surface area contributed by atoms with Crippen molar-refractivity contribution in [1.82, 2.24) is 19.4 Å². The minimum absolute atomic E-state index is 0.0305. The van der Waals surface area contributed by atoms with Crippen molar-refractivity contribution in [2.24, 2.45) is 0 Å². The lowest BCUT2D eigenvalue weighted by molar-refractivity contribution is 0.0495. The van der Waals surface area contributed by atoms with E-state index in [2.05, 4.69) is 45.5 Å².